The molecule has 4 nitrogen and oxygen atoms in total. The summed E-state index contributed by atoms with van der Waals surface area (Å²) in [4.78, 5) is 14.3. The summed E-state index contributed by atoms with van der Waals surface area (Å²) in [5.74, 6) is 12.0. The van der Waals surface area contributed by atoms with Crippen molar-refractivity contribution >= 4 is 90.2 Å². The van der Waals surface area contributed by atoms with Crippen molar-refractivity contribution in [3.05, 3.63) is 379 Å². The van der Waals surface area contributed by atoms with E-state index in [9.17, 15) is 0 Å². The minimum atomic E-state index is -1.11. The molecule has 4 N–H and O–H groups in total. The molecule has 4 aliphatic rings. The van der Waals surface area contributed by atoms with Crippen LogP contribution in [0.5, 0.6) is 0 Å². The summed E-state index contributed by atoms with van der Waals surface area (Å²) in [5.41, 5.74) is 37.1. The molecule has 0 atom stereocenters. The van der Waals surface area contributed by atoms with Gasteiger partial charge in [-0.1, -0.05) is 169 Å². The number of nitrogens with one attached hydrogen (secondary N) is 4. The fraction of sp³-hybridized carbons (Fsp3) is 0.0103. The van der Waals surface area contributed by atoms with Crippen LogP contribution >= 0.6 is 0 Å². The Hall–Kier alpha value is -14.0. The van der Waals surface area contributed by atoms with Gasteiger partial charge in [0.05, 0.1) is 5.41 Å². The summed E-state index contributed by atoms with van der Waals surface area (Å²) in [6.07, 6.45) is 43.2. The van der Waals surface area contributed by atoms with Crippen LogP contribution in [0.2, 0.25) is 0 Å². The Morgan fingerprint density at radius 1 is 0.228 bits per heavy atom. The third-order valence-electron chi connectivity index (χ3n) is 21.7. The number of aromatic amines is 4. The third kappa shape index (κ3) is 8.58. The van der Waals surface area contributed by atoms with Gasteiger partial charge in [0.25, 0.3) is 0 Å². The van der Waals surface area contributed by atoms with Gasteiger partial charge in [-0.2, -0.15) is 0 Å². The first-order valence-corrected chi connectivity index (χ1v) is 34.0. The van der Waals surface area contributed by atoms with Crippen LogP contribution in [-0.4, -0.2) is 19.9 Å². The van der Waals surface area contributed by atoms with E-state index in [4.69, 9.17) is 25.7 Å². The number of hydrogen-bond acceptors (Lipinski definition) is 0. The Morgan fingerprint density at radius 3 is 0.663 bits per heavy atom. The molecule has 4 heterocycles. The second-order valence-electron chi connectivity index (χ2n) is 26.8. The van der Waals surface area contributed by atoms with Crippen molar-refractivity contribution in [3.8, 4) is 93.9 Å². The molecule has 0 amide bonds. The lowest BCUT2D eigenvalue weighted by Gasteiger charge is -2.38. The summed E-state index contributed by atoms with van der Waals surface area (Å²) in [7, 11) is 0. The Labute approximate surface area is 584 Å². The highest BCUT2D eigenvalue weighted by atomic mass is 14.7. The Morgan fingerprint density at radius 2 is 0.436 bits per heavy atom. The van der Waals surface area contributed by atoms with E-state index >= 15 is 0 Å². The van der Waals surface area contributed by atoms with Gasteiger partial charge in [-0.25, -0.2) is 0 Å². The van der Waals surface area contributed by atoms with Gasteiger partial charge in [0.15, 0.2) is 0 Å². The van der Waals surface area contributed by atoms with Crippen molar-refractivity contribution in [3.63, 3.8) is 0 Å². The van der Waals surface area contributed by atoms with Crippen molar-refractivity contribution in [2.45, 2.75) is 5.41 Å². The Balaban J connectivity index is 0.923. The quantitative estimate of drug-likeness (QED) is 0.0866. The predicted molar refractivity (Wildman–Crippen MR) is 419 cm³/mol. The van der Waals surface area contributed by atoms with Crippen LogP contribution in [0, 0.1) is 49.4 Å². The number of para-hydroxylation sites is 4. The monoisotopic (exact) mass is 1280 g/mol. The highest BCUT2D eigenvalue weighted by Crippen LogP contribution is 2.58. The Kier molecular flexibility index (Phi) is 12.5. The van der Waals surface area contributed by atoms with Crippen LogP contribution in [0.25, 0.3) is 135 Å². The molecule has 0 radical (unpaired) electrons. The highest BCUT2D eigenvalue weighted by Gasteiger charge is 2.44. The minimum Gasteiger partial charge on any atom is -0.361 e. The standard InChI is InChI=1S/C97H56N4/c1-5-57-25-33-73-77-37-29-65(49-89(77)85(81(73)41-57)45-61-53-98-93-21-13-9-17-69(61)93)97(66-30-38-78-74-34-26-58(6-2)42-82(74)86(90(78)50-66)46-62-54-99-94-22-14-10-18-70(62)94,67-31-39-79-75-35-27-59(7-3)43-83(75)87(91(79)51-67)47-63-55-100-95-23-15-11-19-71(63)95)68-32-40-80-76-36-28-60(8-4)44-84(76)88(92(80)52-68)48-64-56-101-96-24-16-12-20-72(64)96/h1-4,9-56,98-101H/b85-45+,86-46+,87-47+,88-48+. The minimum absolute atomic E-state index is 0.816. The molecule has 20 rings (SSSR count). The molecule has 0 aliphatic heterocycles. The molecule has 0 bridgehead atoms. The first-order chi connectivity index (χ1) is 49.8. The second-order valence-corrected chi connectivity index (χ2v) is 26.8. The van der Waals surface area contributed by atoms with Gasteiger partial charge in [-0.15, -0.1) is 25.7 Å². The molecule has 464 valence electrons. The number of hydrogen-bond donors (Lipinski definition) is 4. The lowest BCUT2D eigenvalue weighted by Crippen LogP contribution is -2.31. The van der Waals surface area contributed by atoms with Crippen LogP contribution in [0.3, 0.4) is 0 Å². The molecule has 4 aliphatic carbocycles. The summed E-state index contributed by atoms with van der Waals surface area (Å²) in [6, 6.07) is 88.8. The summed E-state index contributed by atoms with van der Waals surface area (Å²) < 4.78 is 0. The van der Waals surface area contributed by atoms with E-state index in [2.05, 4.69) is 335 Å². The number of fused-ring (bicyclic) bond motifs is 16. The summed E-state index contributed by atoms with van der Waals surface area (Å²) in [6.45, 7) is 0. The largest absolute Gasteiger partial charge is 0.361 e. The zero-order chi connectivity index (χ0) is 67.2. The molecule has 4 aromatic heterocycles. The maximum atomic E-state index is 6.32. The van der Waals surface area contributed by atoms with Gasteiger partial charge < -0.3 is 19.9 Å². The van der Waals surface area contributed by atoms with Gasteiger partial charge in [0.1, 0.15) is 0 Å². The fourth-order valence-electron chi connectivity index (χ4n) is 17.0. The topological polar surface area (TPSA) is 63.2 Å². The van der Waals surface area contributed by atoms with E-state index in [1.807, 2.05) is 0 Å². The molecule has 0 fully saturated rings. The molecule has 0 spiro atoms. The smallest absolute Gasteiger partial charge is 0.0702 e. The number of H-pyrrole nitrogens is 4. The van der Waals surface area contributed by atoms with E-state index in [-0.39, 0.29) is 0 Å². The molecule has 0 saturated heterocycles. The van der Waals surface area contributed by atoms with Crippen molar-refractivity contribution in [2.24, 2.45) is 0 Å². The number of aromatic nitrogens is 4. The molecular formula is C97H56N4. The number of rotatable bonds is 8. The van der Waals surface area contributed by atoms with E-state index in [1.165, 1.54) is 0 Å². The Bertz CT molecular complexity index is 5880. The first kappa shape index (κ1) is 57.3. The molecule has 101 heavy (non-hydrogen) atoms. The molecule has 0 saturated carbocycles. The number of benzene rings is 12. The van der Waals surface area contributed by atoms with Crippen molar-refractivity contribution < 1.29 is 0 Å². The highest BCUT2D eigenvalue weighted by molar-refractivity contribution is 6.14. The number of terminal acetylenes is 4. The van der Waals surface area contributed by atoms with Crippen LogP contribution < -0.4 is 0 Å². The molecule has 16 aromatic rings. The normalized spacial score (nSPS) is 14.4. The maximum absolute atomic E-state index is 6.32. The van der Waals surface area contributed by atoms with Crippen LogP contribution in [0.4, 0.5) is 0 Å². The van der Waals surface area contributed by atoms with E-state index in [0.29, 0.717) is 0 Å². The van der Waals surface area contributed by atoms with Gasteiger partial charge in [0, 0.05) is 113 Å². The van der Waals surface area contributed by atoms with Gasteiger partial charge in [-0.3, -0.25) is 0 Å². The van der Waals surface area contributed by atoms with Crippen LogP contribution in [-0.2, 0) is 5.41 Å². The zero-order valence-corrected chi connectivity index (χ0v) is 54.5. The molecular weight excluding hydrogens is 1220 g/mol. The average molecular weight is 1280 g/mol. The second kappa shape index (κ2) is 22.0. The van der Waals surface area contributed by atoms with Crippen molar-refractivity contribution in [2.75, 3.05) is 0 Å². The van der Waals surface area contributed by atoms with Gasteiger partial charge in [0.2, 0.25) is 0 Å². The lowest BCUT2D eigenvalue weighted by atomic mass is 9.63. The molecule has 12 aromatic carbocycles. The average Bonchev–Trinajstić information content (AvgIpc) is 1.64. The summed E-state index contributed by atoms with van der Waals surface area (Å²) in [5, 5.41) is 4.53. The zero-order valence-electron chi connectivity index (χ0n) is 54.5. The van der Waals surface area contributed by atoms with E-state index in [0.717, 1.165) is 222 Å². The van der Waals surface area contributed by atoms with Crippen molar-refractivity contribution in [1.29, 1.82) is 0 Å². The lowest BCUT2D eigenvalue weighted by molar-refractivity contribution is 0.744. The van der Waals surface area contributed by atoms with E-state index in [1.54, 1.807) is 0 Å². The molecule has 4 heteroatoms. The fourth-order valence-corrected chi connectivity index (χ4v) is 17.0. The van der Waals surface area contributed by atoms with Crippen LogP contribution in [0.15, 0.2) is 267 Å². The third-order valence-corrected chi connectivity index (χ3v) is 21.7. The predicted octanol–water partition coefficient (Wildman–Crippen LogP) is 22.2. The van der Waals surface area contributed by atoms with Gasteiger partial charge in [-0.05, 0) is 255 Å². The van der Waals surface area contributed by atoms with Gasteiger partial charge >= 0.3 is 0 Å². The van der Waals surface area contributed by atoms with Crippen molar-refractivity contribution in [1.82, 2.24) is 19.9 Å². The SMILES string of the molecule is C#Cc1ccc2c(c1)/C(=C\c1c[nH]c3ccccc13)c1cc(C(c3ccc4c(c3)/C(=C/c3c[nH]c5ccccc35)c3cc(C#C)ccc3-4)(c3ccc4c(c3)/C(=C/c3c[nH]c5ccccc35)c3cc(C#C)ccc3-4)c3ccc4c(c3)/C(=C/c3c[nH]c5ccccc35)c3cc(C#C)ccc3-4)ccc1-2. The molecule has 0 unspecified atom stereocenters. The first-order valence-electron chi connectivity index (χ1n) is 34.0. The maximum Gasteiger partial charge on any atom is 0.0702 e. The van der Waals surface area contributed by atoms with Crippen LogP contribution in [0.1, 0.15) is 111 Å². The summed E-state index contributed by atoms with van der Waals surface area (Å²) >= 11 is 0. The van der Waals surface area contributed by atoms with E-state index < -0.39 is 5.41 Å².